The van der Waals surface area contributed by atoms with Crippen LogP contribution in [0, 0.1) is 5.92 Å². The SMILES string of the molecule is c1ccc(CCCN2CCC(Cc3cnc[nH]3)CC2)cc1. The number of benzene rings is 1. The molecule has 0 amide bonds. The van der Waals surface area contributed by atoms with Gasteiger partial charge in [0.05, 0.1) is 6.33 Å². The predicted octanol–water partition coefficient (Wildman–Crippen LogP) is 3.30. The number of nitrogens with one attached hydrogen (secondary N) is 1. The Morgan fingerprint density at radius 2 is 1.95 bits per heavy atom. The number of aromatic nitrogens is 2. The molecule has 0 radical (unpaired) electrons. The van der Waals surface area contributed by atoms with E-state index in [4.69, 9.17) is 0 Å². The molecule has 0 saturated carbocycles. The van der Waals surface area contributed by atoms with Gasteiger partial charge in [-0.3, -0.25) is 0 Å². The molecule has 1 saturated heterocycles. The van der Waals surface area contributed by atoms with Crippen LogP contribution in [0.2, 0.25) is 0 Å². The van der Waals surface area contributed by atoms with Gasteiger partial charge in [-0.05, 0) is 63.2 Å². The van der Waals surface area contributed by atoms with Crippen molar-refractivity contribution in [1.29, 1.82) is 0 Å². The smallest absolute Gasteiger partial charge is 0.0921 e. The number of piperidine rings is 1. The van der Waals surface area contributed by atoms with Gasteiger partial charge in [-0.25, -0.2) is 4.98 Å². The molecular weight excluding hydrogens is 258 g/mol. The van der Waals surface area contributed by atoms with Crippen LogP contribution in [0.15, 0.2) is 42.9 Å². The molecule has 0 atom stereocenters. The average Bonchev–Trinajstić information content (AvgIpc) is 3.03. The zero-order valence-electron chi connectivity index (χ0n) is 12.7. The fraction of sp³-hybridized carbons (Fsp3) is 0.500. The molecule has 112 valence electrons. The lowest BCUT2D eigenvalue weighted by molar-refractivity contribution is 0.182. The third kappa shape index (κ3) is 4.43. The molecular formula is C18H25N3. The maximum absolute atomic E-state index is 4.11. The minimum Gasteiger partial charge on any atom is -0.348 e. The molecule has 0 aliphatic carbocycles. The second-order valence-electron chi connectivity index (χ2n) is 6.16. The van der Waals surface area contributed by atoms with Crippen molar-refractivity contribution in [2.75, 3.05) is 19.6 Å². The van der Waals surface area contributed by atoms with E-state index in [0.29, 0.717) is 0 Å². The number of likely N-dealkylation sites (tertiary alicyclic amines) is 1. The van der Waals surface area contributed by atoms with Gasteiger partial charge in [0, 0.05) is 11.9 Å². The minimum atomic E-state index is 0.829. The van der Waals surface area contributed by atoms with Gasteiger partial charge in [-0.2, -0.15) is 0 Å². The van der Waals surface area contributed by atoms with Crippen LogP contribution in [0.5, 0.6) is 0 Å². The van der Waals surface area contributed by atoms with Crippen LogP contribution in [0.3, 0.4) is 0 Å². The highest BCUT2D eigenvalue weighted by Gasteiger charge is 2.19. The van der Waals surface area contributed by atoms with Crippen molar-refractivity contribution in [3.05, 3.63) is 54.1 Å². The van der Waals surface area contributed by atoms with Crippen molar-refractivity contribution in [3.63, 3.8) is 0 Å². The molecule has 1 aromatic heterocycles. The average molecular weight is 283 g/mol. The van der Waals surface area contributed by atoms with Crippen molar-refractivity contribution < 1.29 is 0 Å². The largest absolute Gasteiger partial charge is 0.348 e. The summed E-state index contributed by atoms with van der Waals surface area (Å²) in [7, 11) is 0. The maximum atomic E-state index is 4.11. The molecule has 1 fully saturated rings. The molecule has 3 rings (SSSR count). The summed E-state index contributed by atoms with van der Waals surface area (Å²) >= 11 is 0. The van der Waals surface area contributed by atoms with Crippen LogP contribution in [0.25, 0.3) is 0 Å². The number of rotatable bonds is 6. The lowest BCUT2D eigenvalue weighted by Gasteiger charge is -2.31. The Morgan fingerprint density at radius 3 is 2.67 bits per heavy atom. The van der Waals surface area contributed by atoms with Crippen LogP contribution in [-0.2, 0) is 12.8 Å². The summed E-state index contributed by atoms with van der Waals surface area (Å²) in [6.07, 6.45) is 10.0. The Balaban J connectivity index is 1.34. The molecule has 0 bridgehead atoms. The number of H-pyrrole nitrogens is 1. The summed E-state index contributed by atoms with van der Waals surface area (Å²) in [5.74, 6) is 0.829. The first-order valence-electron chi connectivity index (χ1n) is 8.13. The van der Waals surface area contributed by atoms with E-state index in [1.165, 1.54) is 56.6 Å². The van der Waals surface area contributed by atoms with Gasteiger partial charge in [0.25, 0.3) is 0 Å². The topological polar surface area (TPSA) is 31.9 Å². The van der Waals surface area contributed by atoms with Gasteiger partial charge in [0.15, 0.2) is 0 Å². The first kappa shape index (κ1) is 14.3. The van der Waals surface area contributed by atoms with Crippen molar-refractivity contribution >= 4 is 0 Å². The molecule has 2 heterocycles. The number of imidazole rings is 1. The monoisotopic (exact) mass is 283 g/mol. The quantitative estimate of drug-likeness (QED) is 0.882. The maximum Gasteiger partial charge on any atom is 0.0921 e. The van der Waals surface area contributed by atoms with E-state index in [-0.39, 0.29) is 0 Å². The Labute approximate surface area is 127 Å². The van der Waals surface area contributed by atoms with E-state index in [9.17, 15) is 0 Å². The first-order valence-corrected chi connectivity index (χ1v) is 8.13. The fourth-order valence-corrected chi connectivity index (χ4v) is 3.27. The highest BCUT2D eigenvalue weighted by Crippen LogP contribution is 2.21. The molecule has 1 N–H and O–H groups in total. The highest BCUT2D eigenvalue weighted by molar-refractivity contribution is 5.14. The van der Waals surface area contributed by atoms with Gasteiger partial charge in [-0.15, -0.1) is 0 Å². The summed E-state index contributed by atoms with van der Waals surface area (Å²) < 4.78 is 0. The lowest BCUT2D eigenvalue weighted by Crippen LogP contribution is -2.35. The van der Waals surface area contributed by atoms with Gasteiger partial charge in [0.1, 0.15) is 0 Å². The van der Waals surface area contributed by atoms with Crippen LogP contribution in [0.4, 0.5) is 0 Å². The van der Waals surface area contributed by atoms with E-state index < -0.39 is 0 Å². The van der Waals surface area contributed by atoms with Crippen molar-refractivity contribution in [2.45, 2.75) is 32.1 Å². The molecule has 3 heteroatoms. The second-order valence-corrected chi connectivity index (χ2v) is 6.16. The van der Waals surface area contributed by atoms with Crippen LogP contribution in [-0.4, -0.2) is 34.5 Å². The summed E-state index contributed by atoms with van der Waals surface area (Å²) in [5.41, 5.74) is 2.75. The van der Waals surface area contributed by atoms with Crippen LogP contribution in [0.1, 0.15) is 30.5 Å². The number of nitrogens with zero attached hydrogens (tertiary/aromatic N) is 2. The second kappa shape index (κ2) is 7.41. The Kier molecular flexibility index (Phi) is 5.06. The Hall–Kier alpha value is -1.61. The number of hydrogen-bond acceptors (Lipinski definition) is 2. The third-order valence-corrected chi connectivity index (χ3v) is 4.55. The molecule has 0 unspecified atom stereocenters. The highest BCUT2D eigenvalue weighted by atomic mass is 15.1. The normalized spacial score (nSPS) is 17.1. The summed E-state index contributed by atoms with van der Waals surface area (Å²) in [5, 5.41) is 0. The van der Waals surface area contributed by atoms with Crippen LogP contribution < -0.4 is 0 Å². The van der Waals surface area contributed by atoms with E-state index in [1.54, 1.807) is 6.33 Å². The van der Waals surface area contributed by atoms with Gasteiger partial charge < -0.3 is 9.88 Å². The van der Waals surface area contributed by atoms with Gasteiger partial charge >= 0.3 is 0 Å². The van der Waals surface area contributed by atoms with Gasteiger partial charge in [0.2, 0.25) is 0 Å². The van der Waals surface area contributed by atoms with Crippen molar-refractivity contribution in [3.8, 4) is 0 Å². The molecule has 2 aromatic rings. The number of aromatic amines is 1. The summed E-state index contributed by atoms with van der Waals surface area (Å²) in [4.78, 5) is 9.96. The van der Waals surface area contributed by atoms with Gasteiger partial charge in [-0.1, -0.05) is 30.3 Å². The predicted molar refractivity (Wildman–Crippen MR) is 86.2 cm³/mol. The van der Waals surface area contributed by atoms with E-state index in [1.807, 2.05) is 6.20 Å². The fourth-order valence-electron chi connectivity index (χ4n) is 3.27. The Morgan fingerprint density at radius 1 is 1.14 bits per heavy atom. The van der Waals surface area contributed by atoms with Crippen molar-refractivity contribution in [1.82, 2.24) is 14.9 Å². The summed E-state index contributed by atoms with van der Waals surface area (Å²) in [6.45, 7) is 3.76. The van der Waals surface area contributed by atoms with E-state index in [0.717, 1.165) is 12.3 Å². The molecule has 1 aromatic carbocycles. The third-order valence-electron chi connectivity index (χ3n) is 4.55. The number of aryl methyl sites for hydroxylation is 1. The molecule has 3 nitrogen and oxygen atoms in total. The van der Waals surface area contributed by atoms with Crippen LogP contribution >= 0.6 is 0 Å². The summed E-state index contributed by atoms with van der Waals surface area (Å²) in [6, 6.07) is 10.8. The molecule has 1 aliphatic heterocycles. The van der Waals surface area contributed by atoms with E-state index >= 15 is 0 Å². The zero-order valence-corrected chi connectivity index (χ0v) is 12.7. The number of hydrogen-bond donors (Lipinski definition) is 1. The lowest BCUT2D eigenvalue weighted by atomic mass is 9.92. The molecule has 0 spiro atoms. The minimum absolute atomic E-state index is 0.829. The zero-order chi connectivity index (χ0) is 14.3. The molecule has 1 aliphatic rings. The standard InChI is InChI=1S/C18H25N3/c1-2-5-16(6-3-1)7-4-10-21-11-8-17(9-12-21)13-18-14-19-15-20-18/h1-3,5-6,14-15,17H,4,7-13H2,(H,19,20). The van der Waals surface area contributed by atoms with Crippen molar-refractivity contribution in [2.24, 2.45) is 5.92 Å². The Bertz CT molecular complexity index is 499. The molecule has 21 heavy (non-hydrogen) atoms. The first-order chi connectivity index (χ1) is 10.4. The van der Waals surface area contributed by atoms with E-state index in [2.05, 4.69) is 45.2 Å².